The third kappa shape index (κ3) is 8.04. The van der Waals surface area contributed by atoms with Crippen molar-refractivity contribution in [2.45, 2.75) is 51.6 Å². The number of nitrogens with one attached hydrogen (secondary N) is 1. The van der Waals surface area contributed by atoms with Gasteiger partial charge in [-0.3, -0.25) is 14.4 Å². The number of hydrogen-bond acceptors (Lipinski definition) is 3. The number of Topliss-reactive ketones (excluding diaryl/α,β-unsaturated/α-hetero) is 1. The van der Waals surface area contributed by atoms with Gasteiger partial charge in [-0.2, -0.15) is 13.2 Å². The molecular weight excluding hydrogens is 581 g/mol. The number of aliphatic carboxylic acids is 1. The number of rotatable bonds is 13. The molecule has 1 heterocycles. The number of carbonyl (C=O) groups excluding carboxylic acids is 2. The second-order valence-corrected chi connectivity index (χ2v) is 10.9. The number of aromatic nitrogens is 1. The third-order valence-corrected chi connectivity index (χ3v) is 7.53. The summed E-state index contributed by atoms with van der Waals surface area (Å²) in [6.07, 6.45) is -1.11. The lowest BCUT2D eigenvalue weighted by molar-refractivity contribution is -0.138. The molecule has 0 fully saturated rings. The molecule has 4 aromatic rings. The van der Waals surface area contributed by atoms with E-state index in [1.165, 1.54) is 6.07 Å². The molecule has 1 amide bonds. The molecule has 0 aliphatic rings. The average molecular weight is 613 g/mol. The zero-order chi connectivity index (χ0) is 31.1. The van der Waals surface area contributed by atoms with Crippen molar-refractivity contribution in [1.29, 1.82) is 0 Å². The summed E-state index contributed by atoms with van der Waals surface area (Å²) < 4.78 is 42.4. The number of carboxylic acid groups (broad SMARTS) is 1. The molecule has 2 N–H and O–H groups in total. The summed E-state index contributed by atoms with van der Waals surface area (Å²) in [5.41, 5.74) is 1.43. The molecule has 3 aromatic carbocycles. The molecule has 1 unspecified atom stereocenters. The Labute approximate surface area is 252 Å². The Morgan fingerprint density at radius 1 is 0.977 bits per heavy atom. The van der Waals surface area contributed by atoms with Crippen molar-refractivity contribution in [3.63, 3.8) is 0 Å². The van der Waals surface area contributed by atoms with Gasteiger partial charge in [-0.15, -0.1) is 0 Å². The molecule has 1 aromatic heterocycles. The van der Waals surface area contributed by atoms with Crippen LogP contribution in [0.3, 0.4) is 0 Å². The van der Waals surface area contributed by atoms with Crippen LogP contribution in [0.4, 0.5) is 13.2 Å². The summed E-state index contributed by atoms with van der Waals surface area (Å²) in [5, 5.41) is 12.4. The number of alkyl halides is 3. The standard InChI is InChI=1S/C33H32ClF3N2O4/c1-2-3-4-6-23(17-21-9-11-22(12-10-21)32(43)38-16-15-30(40)41)31(42)29-19-24-18-26(34)13-14-28(24)39(29)27-8-5-7-25(20-27)33(35,36)37/h5,7-14,18-20,23H,2-4,6,15-17H2,1H3,(H,38,43)(H,40,41). The van der Waals surface area contributed by atoms with E-state index in [1.807, 2.05) is 0 Å². The highest BCUT2D eigenvalue weighted by atomic mass is 35.5. The third-order valence-electron chi connectivity index (χ3n) is 7.30. The van der Waals surface area contributed by atoms with E-state index in [4.69, 9.17) is 16.7 Å². The summed E-state index contributed by atoms with van der Waals surface area (Å²) >= 11 is 6.22. The number of nitrogens with zero attached hydrogens (tertiary/aromatic N) is 1. The molecule has 0 saturated heterocycles. The summed E-state index contributed by atoms with van der Waals surface area (Å²) in [4.78, 5) is 37.3. The van der Waals surface area contributed by atoms with Crippen molar-refractivity contribution in [2.75, 3.05) is 6.54 Å². The van der Waals surface area contributed by atoms with Gasteiger partial charge in [0.05, 0.1) is 23.2 Å². The van der Waals surface area contributed by atoms with Gasteiger partial charge in [0.15, 0.2) is 5.78 Å². The van der Waals surface area contributed by atoms with E-state index in [-0.39, 0.29) is 30.1 Å². The second kappa shape index (κ2) is 13.9. The van der Waals surface area contributed by atoms with Gasteiger partial charge in [-0.25, -0.2) is 0 Å². The van der Waals surface area contributed by atoms with Crippen LogP contribution in [0.5, 0.6) is 0 Å². The maximum Gasteiger partial charge on any atom is 0.416 e. The minimum atomic E-state index is -4.55. The predicted octanol–water partition coefficient (Wildman–Crippen LogP) is 8.13. The minimum Gasteiger partial charge on any atom is -0.481 e. The van der Waals surface area contributed by atoms with Crippen LogP contribution in [0.25, 0.3) is 16.6 Å². The Morgan fingerprint density at radius 2 is 1.72 bits per heavy atom. The van der Waals surface area contributed by atoms with E-state index in [0.717, 1.165) is 37.0 Å². The zero-order valence-electron chi connectivity index (χ0n) is 23.6. The molecule has 1 atom stereocenters. The van der Waals surface area contributed by atoms with E-state index >= 15 is 0 Å². The molecule has 0 spiro atoms. The van der Waals surface area contributed by atoms with Crippen LogP contribution in [-0.2, 0) is 17.4 Å². The molecule has 0 radical (unpaired) electrons. The lowest BCUT2D eigenvalue weighted by Crippen LogP contribution is -2.26. The average Bonchev–Trinajstić information content (AvgIpc) is 3.34. The van der Waals surface area contributed by atoms with E-state index in [1.54, 1.807) is 59.2 Å². The topological polar surface area (TPSA) is 88.4 Å². The van der Waals surface area contributed by atoms with Crippen molar-refractivity contribution in [1.82, 2.24) is 9.88 Å². The fraction of sp³-hybridized carbons (Fsp3) is 0.303. The van der Waals surface area contributed by atoms with Gasteiger partial charge in [-0.05, 0) is 73.0 Å². The maximum atomic E-state index is 14.2. The van der Waals surface area contributed by atoms with Crippen molar-refractivity contribution in [3.05, 3.63) is 100 Å². The van der Waals surface area contributed by atoms with Gasteiger partial charge < -0.3 is 15.0 Å². The minimum absolute atomic E-state index is 0.00894. The van der Waals surface area contributed by atoms with E-state index in [0.29, 0.717) is 34.3 Å². The molecule has 10 heteroatoms. The zero-order valence-corrected chi connectivity index (χ0v) is 24.3. The quantitative estimate of drug-likeness (QED) is 0.118. The predicted molar refractivity (Wildman–Crippen MR) is 160 cm³/mol. The summed E-state index contributed by atoms with van der Waals surface area (Å²) in [6.45, 7) is 2.07. The normalized spacial score (nSPS) is 12.3. The fourth-order valence-corrected chi connectivity index (χ4v) is 5.29. The first kappa shape index (κ1) is 31.8. The first-order valence-corrected chi connectivity index (χ1v) is 14.5. The highest BCUT2D eigenvalue weighted by Gasteiger charge is 2.31. The number of carboxylic acids is 1. The Balaban J connectivity index is 1.68. The number of ketones is 1. The maximum absolute atomic E-state index is 14.2. The second-order valence-electron chi connectivity index (χ2n) is 10.5. The monoisotopic (exact) mass is 612 g/mol. The van der Waals surface area contributed by atoms with Gasteiger partial charge in [-0.1, -0.05) is 56.0 Å². The Bertz CT molecular complexity index is 1610. The lowest BCUT2D eigenvalue weighted by Gasteiger charge is -2.19. The van der Waals surface area contributed by atoms with Crippen LogP contribution >= 0.6 is 11.6 Å². The van der Waals surface area contributed by atoms with Gasteiger partial charge in [0, 0.05) is 34.1 Å². The SMILES string of the molecule is CCCCCC(Cc1ccc(C(=O)NCCC(=O)O)cc1)C(=O)c1cc2cc(Cl)ccc2n1-c1cccc(C(F)(F)F)c1. The molecule has 0 aliphatic heterocycles. The molecule has 6 nitrogen and oxygen atoms in total. The number of halogens is 4. The Morgan fingerprint density at radius 3 is 2.40 bits per heavy atom. The van der Waals surface area contributed by atoms with Crippen LogP contribution in [0.2, 0.25) is 5.02 Å². The van der Waals surface area contributed by atoms with Gasteiger partial charge in [0.1, 0.15) is 0 Å². The van der Waals surface area contributed by atoms with E-state index < -0.39 is 29.5 Å². The van der Waals surface area contributed by atoms with E-state index in [9.17, 15) is 27.6 Å². The molecule has 226 valence electrons. The summed E-state index contributed by atoms with van der Waals surface area (Å²) in [6, 6.07) is 18.4. The highest BCUT2D eigenvalue weighted by Crippen LogP contribution is 2.34. The number of amides is 1. The number of unbranched alkanes of at least 4 members (excludes halogenated alkanes) is 2. The number of hydrogen-bond donors (Lipinski definition) is 2. The van der Waals surface area contributed by atoms with Gasteiger partial charge in [0.25, 0.3) is 5.91 Å². The molecule has 0 bridgehead atoms. The van der Waals surface area contributed by atoms with E-state index in [2.05, 4.69) is 12.2 Å². The first-order valence-electron chi connectivity index (χ1n) is 14.1. The molecule has 0 saturated carbocycles. The Kier molecular flexibility index (Phi) is 10.3. The molecular formula is C33H32ClF3N2O4. The first-order chi connectivity index (χ1) is 20.5. The summed E-state index contributed by atoms with van der Waals surface area (Å²) in [5.74, 6) is -2.07. The fourth-order valence-electron chi connectivity index (χ4n) is 5.10. The van der Waals surface area contributed by atoms with Crippen LogP contribution in [0, 0.1) is 5.92 Å². The number of carbonyl (C=O) groups is 3. The molecule has 0 aliphatic carbocycles. The highest BCUT2D eigenvalue weighted by molar-refractivity contribution is 6.31. The largest absolute Gasteiger partial charge is 0.481 e. The number of fused-ring (bicyclic) bond motifs is 1. The smallest absolute Gasteiger partial charge is 0.416 e. The summed E-state index contributed by atoms with van der Waals surface area (Å²) in [7, 11) is 0. The van der Waals surface area contributed by atoms with Crippen LogP contribution in [0.1, 0.15) is 71.0 Å². The molecule has 4 rings (SSSR count). The number of benzene rings is 3. The van der Waals surface area contributed by atoms with Crippen LogP contribution < -0.4 is 5.32 Å². The lowest BCUT2D eigenvalue weighted by atomic mass is 9.88. The van der Waals surface area contributed by atoms with Crippen molar-refractivity contribution >= 4 is 40.2 Å². The van der Waals surface area contributed by atoms with Crippen LogP contribution in [0.15, 0.2) is 72.8 Å². The van der Waals surface area contributed by atoms with Crippen molar-refractivity contribution < 1.29 is 32.7 Å². The van der Waals surface area contributed by atoms with Gasteiger partial charge >= 0.3 is 12.1 Å². The Hall–Kier alpha value is -4.11. The van der Waals surface area contributed by atoms with Crippen molar-refractivity contribution in [3.8, 4) is 5.69 Å². The van der Waals surface area contributed by atoms with Crippen LogP contribution in [-0.4, -0.2) is 33.9 Å². The van der Waals surface area contributed by atoms with Crippen molar-refractivity contribution in [2.24, 2.45) is 5.92 Å². The van der Waals surface area contributed by atoms with Gasteiger partial charge in [0.2, 0.25) is 0 Å². The molecule has 43 heavy (non-hydrogen) atoms.